The van der Waals surface area contributed by atoms with Crippen LogP contribution in [0.4, 0.5) is 0 Å². The molecule has 3 aliphatic heterocycles. The molecular weight excluding hydrogens is 300 g/mol. The summed E-state index contributed by atoms with van der Waals surface area (Å²) in [4.78, 5) is 17.5. The van der Waals surface area contributed by atoms with Crippen LogP contribution in [-0.2, 0) is 9.53 Å². The van der Waals surface area contributed by atoms with E-state index in [1.165, 1.54) is 38.6 Å². The molecule has 4 heteroatoms. The summed E-state index contributed by atoms with van der Waals surface area (Å²) in [5.74, 6) is 2.23. The summed E-state index contributed by atoms with van der Waals surface area (Å²) in [5.41, 5.74) is -0.271. The second-order valence-corrected chi connectivity index (χ2v) is 8.98. The van der Waals surface area contributed by atoms with Crippen molar-refractivity contribution in [1.82, 2.24) is 9.80 Å². The fourth-order valence-corrected chi connectivity index (χ4v) is 5.75. The molecule has 4 rings (SSSR count). The Morgan fingerprint density at radius 3 is 2.75 bits per heavy atom. The van der Waals surface area contributed by atoms with Crippen molar-refractivity contribution >= 4 is 5.91 Å². The predicted octanol–water partition coefficient (Wildman–Crippen LogP) is 3.26. The third kappa shape index (κ3) is 2.80. The fraction of sp³-hybridized carbons (Fsp3) is 0.950. The molecule has 3 heterocycles. The fourth-order valence-electron chi connectivity index (χ4n) is 5.75. The van der Waals surface area contributed by atoms with Gasteiger partial charge in [-0.25, -0.2) is 0 Å². The quantitative estimate of drug-likeness (QED) is 0.794. The molecule has 0 aromatic heterocycles. The Morgan fingerprint density at radius 2 is 2.00 bits per heavy atom. The van der Waals surface area contributed by atoms with Crippen molar-refractivity contribution in [2.45, 2.75) is 77.0 Å². The van der Waals surface area contributed by atoms with Crippen LogP contribution in [0.25, 0.3) is 0 Å². The van der Waals surface area contributed by atoms with Crippen LogP contribution in [0.15, 0.2) is 0 Å². The zero-order valence-electron chi connectivity index (χ0n) is 15.5. The van der Waals surface area contributed by atoms with E-state index < -0.39 is 0 Å². The molecule has 1 amide bonds. The Hall–Kier alpha value is -0.610. The molecule has 1 spiro atoms. The highest BCUT2D eigenvalue weighted by Crippen LogP contribution is 2.47. The standard InChI is InChI=1S/C20H34N2O2/c1-15(2)18-14-24-20-10-11-21(12-16-6-4-3-5-7-16)13-17(20)8-9-19(23)22(18)20/h15-18H,3-14H2,1-2H3. The van der Waals surface area contributed by atoms with E-state index in [2.05, 4.69) is 23.6 Å². The van der Waals surface area contributed by atoms with E-state index in [0.29, 0.717) is 17.7 Å². The second kappa shape index (κ2) is 6.60. The summed E-state index contributed by atoms with van der Waals surface area (Å²) >= 11 is 0. The molecule has 0 radical (unpaired) electrons. The van der Waals surface area contributed by atoms with E-state index in [-0.39, 0.29) is 11.8 Å². The number of amides is 1. The summed E-state index contributed by atoms with van der Waals surface area (Å²) in [6, 6.07) is 0.283. The van der Waals surface area contributed by atoms with E-state index in [4.69, 9.17) is 4.74 Å². The molecular formula is C20H34N2O2. The molecule has 0 aromatic rings. The first-order valence-corrected chi connectivity index (χ1v) is 10.3. The van der Waals surface area contributed by atoms with Gasteiger partial charge in [-0.1, -0.05) is 33.1 Å². The van der Waals surface area contributed by atoms with Gasteiger partial charge in [-0.2, -0.15) is 0 Å². The summed E-state index contributed by atoms with van der Waals surface area (Å²) in [6.07, 6.45) is 9.87. The van der Waals surface area contributed by atoms with Crippen LogP contribution in [0.3, 0.4) is 0 Å². The highest BCUT2D eigenvalue weighted by Gasteiger charge is 2.58. The lowest BCUT2D eigenvalue weighted by atomic mass is 9.78. The zero-order valence-corrected chi connectivity index (χ0v) is 15.5. The minimum Gasteiger partial charge on any atom is -0.353 e. The van der Waals surface area contributed by atoms with Crippen LogP contribution in [0.5, 0.6) is 0 Å². The minimum absolute atomic E-state index is 0.271. The normalized spacial score (nSPS) is 38.5. The van der Waals surface area contributed by atoms with Gasteiger partial charge in [0.15, 0.2) is 0 Å². The zero-order chi connectivity index (χ0) is 16.7. The van der Waals surface area contributed by atoms with Crippen molar-refractivity contribution in [2.75, 3.05) is 26.2 Å². The first-order valence-electron chi connectivity index (χ1n) is 10.3. The lowest BCUT2D eigenvalue weighted by molar-refractivity contribution is -0.193. The van der Waals surface area contributed by atoms with Crippen molar-refractivity contribution in [1.29, 1.82) is 0 Å². The van der Waals surface area contributed by atoms with Crippen LogP contribution < -0.4 is 0 Å². The molecule has 3 atom stereocenters. The molecule has 24 heavy (non-hydrogen) atoms. The Labute approximate surface area is 146 Å². The molecule has 4 nitrogen and oxygen atoms in total. The Kier molecular flexibility index (Phi) is 4.63. The van der Waals surface area contributed by atoms with Crippen LogP contribution >= 0.6 is 0 Å². The molecule has 1 saturated carbocycles. The maximum Gasteiger partial charge on any atom is 0.225 e. The average molecular weight is 335 g/mol. The Morgan fingerprint density at radius 1 is 1.21 bits per heavy atom. The predicted molar refractivity (Wildman–Crippen MR) is 94.5 cm³/mol. The SMILES string of the molecule is CC(C)C1COC23CCN(CC4CCCCC4)CC2CCC(=O)N13. The number of rotatable bonds is 3. The van der Waals surface area contributed by atoms with Crippen molar-refractivity contribution in [3.05, 3.63) is 0 Å². The van der Waals surface area contributed by atoms with Gasteiger partial charge in [-0.05, 0) is 31.1 Å². The van der Waals surface area contributed by atoms with Crippen molar-refractivity contribution < 1.29 is 9.53 Å². The highest BCUT2D eigenvalue weighted by atomic mass is 16.5. The smallest absolute Gasteiger partial charge is 0.225 e. The molecule has 4 fully saturated rings. The molecule has 3 saturated heterocycles. The number of ether oxygens (including phenoxy) is 1. The monoisotopic (exact) mass is 334 g/mol. The maximum absolute atomic E-state index is 12.7. The summed E-state index contributed by atoms with van der Waals surface area (Å²) in [7, 11) is 0. The van der Waals surface area contributed by atoms with E-state index in [1.54, 1.807) is 0 Å². The number of carbonyl (C=O) groups is 1. The number of hydrogen-bond donors (Lipinski definition) is 0. The number of nitrogens with zero attached hydrogens (tertiary/aromatic N) is 2. The molecule has 1 aliphatic carbocycles. The van der Waals surface area contributed by atoms with Gasteiger partial charge in [0, 0.05) is 38.4 Å². The van der Waals surface area contributed by atoms with Gasteiger partial charge in [0.2, 0.25) is 5.91 Å². The highest BCUT2D eigenvalue weighted by molar-refractivity contribution is 5.78. The number of piperidine rings is 2. The lowest BCUT2D eigenvalue weighted by Crippen LogP contribution is -2.65. The van der Waals surface area contributed by atoms with E-state index in [0.717, 1.165) is 44.9 Å². The van der Waals surface area contributed by atoms with Crippen molar-refractivity contribution in [3.8, 4) is 0 Å². The largest absolute Gasteiger partial charge is 0.353 e. The van der Waals surface area contributed by atoms with Gasteiger partial charge in [0.05, 0.1) is 12.6 Å². The van der Waals surface area contributed by atoms with Crippen LogP contribution in [0.1, 0.15) is 65.2 Å². The average Bonchev–Trinajstić information content (AvgIpc) is 2.98. The Balaban J connectivity index is 1.46. The first kappa shape index (κ1) is 16.8. The van der Waals surface area contributed by atoms with Crippen molar-refractivity contribution in [2.24, 2.45) is 17.8 Å². The van der Waals surface area contributed by atoms with Gasteiger partial charge in [0.1, 0.15) is 5.72 Å². The van der Waals surface area contributed by atoms with Gasteiger partial charge in [-0.3, -0.25) is 4.79 Å². The van der Waals surface area contributed by atoms with E-state index in [9.17, 15) is 4.79 Å². The van der Waals surface area contributed by atoms with Gasteiger partial charge in [-0.15, -0.1) is 0 Å². The minimum atomic E-state index is -0.271. The van der Waals surface area contributed by atoms with Gasteiger partial charge >= 0.3 is 0 Å². The first-order chi connectivity index (χ1) is 11.6. The third-order valence-electron chi connectivity index (χ3n) is 7.13. The second-order valence-electron chi connectivity index (χ2n) is 8.98. The number of carbonyl (C=O) groups excluding carboxylic acids is 1. The van der Waals surface area contributed by atoms with Gasteiger partial charge in [0.25, 0.3) is 0 Å². The molecule has 0 N–H and O–H groups in total. The molecule has 0 bridgehead atoms. The van der Waals surface area contributed by atoms with Crippen LogP contribution in [0.2, 0.25) is 0 Å². The molecule has 0 aromatic carbocycles. The molecule has 3 unspecified atom stereocenters. The topological polar surface area (TPSA) is 32.8 Å². The summed E-state index contributed by atoms with van der Waals surface area (Å²) in [6.45, 7) is 8.69. The maximum atomic E-state index is 12.7. The van der Waals surface area contributed by atoms with Crippen LogP contribution in [0, 0.1) is 17.8 Å². The third-order valence-corrected chi connectivity index (χ3v) is 7.13. The summed E-state index contributed by atoms with van der Waals surface area (Å²) < 4.78 is 6.41. The van der Waals surface area contributed by atoms with Crippen molar-refractivity contribution in [3.63, 3.8) is 0 Å². The van der Waals surface area contributed by atoms with E-state index in [1.807, 2.05) is 0 Å². The lowest BCUT2D eigenvalue weighted by Gasteiger charge is -2.53. The molecule has 136 valence electrons. The number of hydrogen-bond acceptors (Lipinski definition) is 3. The van der Waals surface area contributed by atoms with E-state index >= 15 is 0 Å². The number of likely N-dealkylation sites (tertiary alicyclic amines) is 1. The summed E-state index contributed by atoms with van der Waals surface area (Å²) in [5, 5.41) is 0. The molecule has 4 aliphatic rings. The Bertz CT molecular complexity index is 474. The van der Waals surface area contributed by atoms with Gasteiger partial charge < -0.3 is 14.5 Å². The van der Waals surface area contributed by atoms with Crippen LogP contribution in [-0.4, -0.2) is 53.7 Å².